The Labute approximate surface area is 231 Å². The Morgan fingerprint density at radius 2 is 1.63 bits per heavy atom. The first-order valence-electron chi connectivity index (χ1n) is 14.1. The lowest BCUT2D eigenvalue weighted by atomic mass is 9.85. The molecule has 38 heavy (non-hydrogen) atoms. The maximum atomic E-state index is 14.0. The third kappa shape index (κ3) is 6.40. The van der Waals surface area contributed by atoms with Crippen LogP contribution in [0.3, 0.4) is 0 Å². The predicted octanol–water partition coefficient (Wildman–Crippen LogP) is 2.67. The van der Waals surface area contributed by atoms with Gasteiger partial charge in [-0.05, 0) is 50.3 Å². The van der Waals surface area contributed by atoms with Crippen LogP contribution >= 0.6 is 11.6 Å². The zero-order chi connectivity index (χ0) is 27.6. The van der Waals surface area contributed by atoms with Gasteiger partial charge >= 0.3 is 5.91 Å². The van der Waals surface area contributed by atoms with Crippen LogP contribution in [0, 0.1) is 23.2 Å². The molecule has 2 heterocycles. The van der Waals surface area contributed by atoms with Crippen LogP contribution in [-0.2, 0) is 14.4 Å². The number of carbonyl (C=O) groups is 3. The predicted molar refractivity (Wildman–Crippen MR) is 148 cm³/mol. The molecule has 0 bridgehead atoms. The minimum atomic E-state index is -0.344. The second kappa shape index (κ2) is 12.2. The van der Waals surface area contributed by atoms with E-state index in [4.69, 9.17) is 17.0 Å². The maximum Gasteiger partial charge on any atom is 0.315 e. The topological polar surface area (TPSA) is 98.0 Å². The smallest absolute Gasteiger partial charge is 0.315 e. The summed E-state index contributed by atoms with van der Waals surface area (Å²) in [6, 6.07) is 8.01. The van der Waals surface area contributed by atoms with Crippen molar-refractivity contribution in [2.45, 2.75) is 77.8 Å². The number of likely N-dealkylation sites (tertiary alicyclic amines) is 2. The number of nitrogens with zero attached hydrogens (tertiary/aromatic N) is 2. The summed E-state index contributed by atoms with van der Waals surface area (Å²) in [5, 5.41) is 11.6. The molecule has 3 N–H and O–H groups in total. The van der Waals surface area contributed by atoms with Gasteiger partial charge in [-0.25, -0.2) is 4.79 Å². The van der Waals surface area contributed by atoms with Gasteiger partial charge in [0.15, 0.2) is 5.96 Å². The van der Waals surface area contributed by atoms with Crippen LogP contribution in [-0.4, -0.2) is 71.7 Å². The summed E-state index contributed by atoms with van der Waals surface area (Å²) < 4.78 is 0. The number of halogens is 1. The molecule has 8 nitrogen and oxygen atoms in total. The van der Waals surface area contributed by atoms with Crippen molar-refractivity contribution in [3.05, 3.63) is 34.9 Å². The molecule has 4 unspecified atom stereocenters. The van der Waals surface area contributed by atoms with Gasteiger partial charge in [0.2, 0.25) is 11.8 Å². The van der Waals surface area contributed by atoms with Crippen molar-refractivity contribution >= 4 is 35.3 Å². The van der Waals surface area contributed by atoms with Gasteiger partial charge < -0.3 is 9.80 Å². The van der Waals surface area contributed by atoms with E-state index in [1.807, 2.05) is 43.0 Å². The number of amides is 3. The summed E-state index contributed by atoms with van der Waals surface area (Å²) >= 11 is 6.13. The molecule has 4 rings (SSSR count). The molecule has 3 amide bonds. The van der Waals surface area contributed by atoms with Crippen LogP contribution < -0.4 is 10.2 Å². The summed E-state index contributed by atoms with van der Waals surface area (Å²) in [6.45, 7) is 9.73. The molecule has 0 aromatic heterocycles. The molecule has 1 aromatic rings. The first-order valence-corrected chi connectivity index (χ1v) is 14.5. The van der Waals surface area contributed by atoms with E-state index < -0.39 is 0 Å². The van der Waals surface area contributed by atoms with Crippen LogP contribution in [0.15, 0.2) is 24.3 Å². The number of carbonyl (C=O) groups excluding carboxylic acids is 3. The third-order valence-electron chi connectivity index (χ3n) is 8.75. The Hall–Kier alpha value is -2.45. The number of benzene rings is 1. The maximum absolute atomic E-state index is 14.0. The number of nitrogens with one attached hydrogen (secondary N) is 3. The molecule has 0 spiro atoms. The minimum Gasteiger partial charge on any atom is -0.341 e. The van der Waals surface area contributed by atoms with Gasteiger partial charge in [0.05, 0.1) is 24.4 Å². The number of quaternary nitrogens is 1. The highest BCUT2D eigenvalue weighted by Gasteiger charge is 2.46. The fourth-order valence-electron chi connectivity index (χ4n) is 6.62. The van der Waals surface area contributed by atoms with E-state index in [9.17, 15) is 14.4 Å². The van der Waals surface area contributed by atoms with E-state index in [2.05, 4.69) is 12.2 Å². The lowest BCUT2D eigenvalue weighted by molar-refractivity contribution is -0.875. The van der Waals surface area contributed by atoms with E-state index in [1.165, 1.54) is 6.92 Å². The summed E-state index contributed by atoms with van der Waals surface area (Å²) in [6.07, 6.45) is 5.29. The van der Waals surface area contributed by atoms with Crippen LogP contribution in [0.2, 0.25) is 5.02 Å². The molecule has 2 aliphatic heterocycles. The second-order valence-corrected chi connectivity index (χ2v) is 12.3. The highest BCUT2D eigenvalue weighted by atomic mass is 35.5. The van der Waals surface area contributed by atoms with Crippen molar-refractivity contribution in [2.24, 2.45) is 17.8 Å². The first-order chi connectivity index (χ1) is 18.0. The summed E-state index contributed by atoms with van der Waals surface area (Å²) in [5.74, 6) is 0.289. The Bertz CT molecular complexity index is 1040. The lowest BCUT2D eigenvalue weighted by Crippen LogP contribution is -3.22. The van der Waals surface area contributed by atoms with Crippen molar-refractivity contribution in [1.29, 1.82) is 5.41 Å². The Kier molecular flexibility index (Phi) is 9.14. The van der Waals surface area contributed by atoms with Gasteiger partial charge in [-0.1, -0.05) is 30.7 Å². The summed E-state index contributed by atoms with van der Waals surface area (Å²) in [7, 11) is 0. The van der Waals surface area contributed by atoms with Gasteiger partial charge in [-0.2, -0.15) is 0 Å². The molecule has 3 aliphatic rings. The standard InChI is InChI=1S/C29H42ClN5O3/c1-18(2)27(37)35(23-11-5-19(3)6-12-23)24-13-14-33(15-24)28(38)26-17-34(29(31)32-20(4)36)16-25(26)21-7-9-22(30)10-8-21/h7-10,18-19,23-26H,5-6,11-17H2,1-4H3,(H2,31,32,36)/p+1. The molecule has 3 fully saturated rings. The molecule has 2 saturated heterocycles. The fraction of sp³-hybridized carbons (Fsp3) is 0.655. The monoisotopic (exact) mass is 544 g/mol. The SMILES string of the molecule is CC(=O)NC(=N)N1CC(C(=O)N2CCC([NH+](C(=O)C(C)C)C3CCC(C)CC3)C2)C(c2ccc(Cl)cc2)C1. The normalized spacial score (nSPS) is 28.4. The van der Waals surface area contributed by atoms with E-state index >= 15 is 0 Å². The van der Waals surface area contributed by atoms with E-state index in [1.54, 1.807) is 4.90 Å². The zero-order valence-electron chi connectivity index (χ0n) is 23.1. The molecule has 1 saturated carbocycles. The lowest BCUT2D eigenvalue weighted by Gasteiger charge is -2.36. The average molecular weight is 545 g/mol. The molecule has 9 heteroatoms. The highest BCUT2D eigenvalue weighted by molar-refractivity contribution is 6.30. The zero-order valence-corrected chi connectivity index (χ0v) is 23.9. The van der Waals surface area contributed by atoms with Gasteiger partial charge in [-0.3, -0.25) is 25.2 Å². The molecule has 1 aliphatic carbocycles. The van der Waals surface area contributed by atoms with Crippen LogP contribution in [0.4, 0.5) is 0 Å². The van der Waals surface area contributed by atoms with Gasteiger partial charge in [-0.15, -0.1) is 0 Å². The second-order valence-electron chi connectivity index (χ2n) is 11.9. The van der Waals surface area contributed by atoms with E-state index in [0.717, 1.165) is 48.5 Å². The van der Waals surface area contributed by atoms with Gasteiger partial charge in [0.25, 0.3) is 0 Å². The Morgan fingerprint density at radius 3 is 2.24 bits per heavy atom. The Balaban J connectivity index is 1.52. The number of guanidine groups is 1. The van der Waals surface area contributed by atoms with Crippen molar-refractivity contribution in [1.82, 2.24) is 15.1 Å². The van der Waals surface area contributed by atoms with Crippen LogP contribution in [0.25, 0.3) is 0 Å². The van der Waals surface area contributed by atoms with Crippen molar-refractivity contribution in [3.63, 3.8) is 0 Å². The van der Waals surface area contributed by atoms with E-state index in [0.29, 0.717) is 37.2 Å². The van der Waals surface area contributed by atoms with Crippen LogP contribution in [0.5, 0.6) is 0 Å². The molecular formula is C29H43ClN5O3+. The van der Waals surface area contributed by atoms with E-state index in [-0.39, 0.29) is 47.5 Å². The molecule has 0 radical (unpaired) electrons. The van der Waals surface area contributed by atoms with Crippen molar-refractivity contribution in [3.8, 4) is 0 Å². The minimum absolute atomic E-state index is 0.0238. The molecule has 4 atom stereocenters. The quantitative estimate of drug-likeness (QED) is 0.392. The molecular weight excluding hydrogens is 502 g/mol. The number of hydrogen-bond acceptors (Lipinski definition) is 4. The van der Waals surface area contributed by atoms with Crippen LogP contribution in [0.1, 0.15) is 71.3 Å². The van der Waals surface area contributed by atoms with Crippen molar-refractivity contribution < 1.29 is 19.3 Å². The summed E-state index contributed by atoms with van der Waals surface area (Å²) in [5.41, 5.74) is 1.00. The molecule has 208 valence electrons. The largest absolute Gasteiger partial charge is 0.341 e. The Morgan fingerprint density at radius 1 is 0.974 bits per heavy atom. The average Bonchev–Trinajstić information content (AvgIpc) is 3.53. The van der Waals surface area contributed by atoms with Crippen molar-refractivity contribution in [2.75, 3.05) is 26.2 Å². The summed E-state index contributed by atoms with van der Waals surface area (Å²) in [4.78, 5) is 43.8. The molecule has 1 aromatic carbocycles. The third-order valence-corrected chi connectivity index (χ3v) is 9.00. The first kappa shape index (κ1) is 28.6. The van der Waals surface area contributed by atoms with Gasteiger partial charge in [0.1, 0.15) is 6.04 Å². The highest BCUT2D eigenvalue weighted by Crippen LogP contribution is 2.35. The fourth-order valence-corrected chi connectivity index (χ4v) is 6.75. The van der Waals surface area contributed by atoms with Gasteiger partial charge in [0, 0.05) is 56.8 Å². The number of hydrogen-bond donors (Lipinski definition) is 3. The number of rotatable bonds is 5.